The van der Waals surface area contributed by atoms with Gasteiger partial charge in [0.25, 0.3) is 0 Å². The van der Waals surface area contributed by atoms with E-state index in [1.54, 1.807) is 12.1 Å². The minimum atomic E-state index is -0.353. The van der Waals surface area contributed by atoms with E-state index >= 15 is 0 Å². The van der Waals surface area contributed by atoms with Gasteiger partial charge in [0.05, 0.1) is 5.02 Å². The van der Waals surface area contributed by atoms with Gasteiger partial charge in [-0.15, -0.1) is 0 Å². The number of nitrogens with one attached hydrogen (secondary N) is 1. The van der Waals surface area contributed by atoms with Crippen LogP contribution in [0.25, 0.3) is 0 Å². The molecule has 1 N–H and O–H groups in total. The highest BCUT2D eigenvalue weighted by molar-refractivity contribution is 6.30. The fourth-order valence-corrected chi connectivity index (χ4v) is 2.10. The van der Waals surface area contributed by atoms with Crippen LogP contribution in [-0.4, -0.2) is 6.54 Å². The molecule has 16 heavy (non-hydrogen) atoms. The molecule has 88 valence electrons. The standard InChI is InChI=1S/C13H17ClFN/c1-8-5-11(8)7-16-9(2)10-3-4-13(15)12(14)6-10/h3-4,6,8-9,11,16H,5,7H2,1-2H3. The Morgan fingerprint density at radius 2 is 2.25 bits per heavy atom. The molecule has 1 aliphatic rings. The molecule has 2 rings (SSSR count). The van der Waals surface area contributed by atoms with Crippen LogP contribution in [0.5, 0.6) is 0 Å². The number of halogens is 2. The van der Waals surface area contributed by atoms with Crippen LogP contribution in [0.4, 0.5) is 4.39 Å². The van der Waals surface area contributed by atoms with E-state index in [0.717, 1.165) is 23.9 Å². The molecule has 1 saturated carbocycles. The Labute approximate surface area is 101 Å². The number of hydrogen-bond donors (Lipinski definition) is 1. The second kappa shape index (κ2) is 4.72. The zero-order chi connectivity index (χ0) is 11.7. The molecule has 1 aromatic carbocycles. The van der Waals surface area contributed by atoms with Gasteiger partial charge in [-0.1, -0.05) is 24.6 Å². The van der Waals surface area contributed by atoms with Gasteiger partial charge >= 0.3 is 0 Å². The third-order valence-corrected chi connectivity index (χ3v) is 3.70. The summed E-state index contributed by atoms with van der Waals surface area (Å²) in [5, 5.41) is 3.66. The van der Waals surface area contributed by atoms with E-state index in [1.165, 1.54) is 12.5 Å². The zero-order valence-corrected chi connectivity index (χ0v) is 10.4. The van der Waals surface area contributed by atoms with Gasteiger partial charge in [-0.2, -0.15) is 0 Å². The van der Waals surface area contributed by atoms with Crippen molar-refractivity contribution in [1.82, 2.24) is 5.32 Å². The molecule has 1 aromatic rings. The van der Waals surface area contributed by atoms with E-state index < -0.39 is 0 Å². The Hall–Kier alpha value is -0.600. The molecular formula is C13H17ClFN. The number of rotatable bonds is 4. The summed E-state index contributed by atoms with van der Waals surface area (Å²) in [6.07, 6.45) is 1.32. The second-order valence-electron chi connectivity index (χ2n) is 4.78. The van der Waals surface area contributed by atoms with E-state index in [2.05, 4.69) is 19.2 Å². The fraction of sp³-hybridized carbons (Fsp3) is 0.538. The smallest absolute Gasteiger partial charge is 0.141 e. The number of hydrogen-bond acceptors (Lipinski definition) is 1. The summed E-state index contributed by atoms with van der Waals surface area (Å²) >= 11 is 5.75. The highest BCUT2D eigenvalue weighted by atomic mass is 35.5. The van der Waals surface area contributed by atoms with E-state index in [0.29, 0.717) is 0 Å². The summed E-state index contributed by atoms with van der Waals surface area (Å²) < 4.78 is 13.0. The molecule has 3 atom stereocenters. The highest BCUT2D eigenvalue weighted by Crippen LogP contribution is 2.37. The van der Waals surface area contributed by atoms with Crippen LogP contribution in [0.3, 0.4) is 0 Å². The molecule has 0 aromatic heterocycles. The lowest BCUT2D eigenvalue weighted by Crippen LogP contribution is -2.21. The van der Waals surface area contributed by atoms with Crippen molar-refractivity contribution in [3.05, 3.63) is 34.6 Å². The summed E-state index contributed by atoms with van der Waals surface area (Å²) in [5.41, 5.74) is 1.04. The van der Waals surface area contributed by atoms with Crippen LogP contribution >= 0.6 is 11.6 Å². The van der Waals surface area contributed by atoms with Crippen molar-refractivity contribution in [2.45, 2.75) is 26.3 Å². The Morgan fingerprint density at radius 1 is 1.56 bits per heavy atom. The Balaban J connectivity index is 1.92. The Morgan fingerprint density at radius 3 is 2.81 bits per heavy atom. The molecule has 0 amide bonds. The molecule has 3 heteroatoms. The normalized spacial score (nSPS) is 25.5. The van der Waals surface area contributed by atoms with Crippen LogP contribution in [-0.2, 0) is 0 Å². The maximum atomic E-state index is 13.0. The Bertz CT molecular complexity index is 380. The lowest BCUT2D eigenvalue weighted by molar-refractivity contribution is 0.534. The van der Waals surface area contributed by atoms with Crippen LogP contribution in [0.2, 0.25) is 5.02 Å². The van der Waals surface area contributed by atoms with E-state index in [4.69, 9.17) is 11.6 Å². The third kappa shape index (κ3) is 2.74. The largest absolute Gasteiger partial charge is 0.310 e. The predicted molar refractivity (Wildman–Crippen MR) is 65.1 cm³/mol. The molecule has 3 unspecified atom stereocenters. The van der Waals surface area contributed by atoms with Gasteiger partial charge in [0.2, 0.25) is 0 Å². The van der Waals surface area contributed by atoms with Crippen molar-refractivity contribution >= 4 is 11.6 Å². The third-order valence-electron chi connectivity index (χ3n) is 3.41. The van der Waals surface area contributed by atoms with Crippen molar-refractivity contribution in [3.63, 3.8) is 0 Å². The lowest BCUT2D eigenvalue weighted by Gasteiger charge is -2.14. The summed E-state index contributed by atoms with van der Waals surface area (Å²) in [4.78, 5) is 0. The van der Waals surface area contributed by atoms with E-state index in [9.17, 15) is 4.39 Å². The summed E-state index contributed by atoms with van der Waals surface area (Å²) in [5.74, 6) is 1.32. The first-order chi connectivity index (χ1) is 7.58. The summed E-state index contributed by atoms with van der Waals surface area (Å²) in [6, 6.07) is 5.14. The quantitative estimate of drug-likeness (QED) is 0.846. The van der Waals surface area contributed by atoms with Gasteiger partial charge in [0, 0.05) is 6.04 Å². The van der Waals surface area contributed by atoms with Gasteiger partial charge in [0.15, 0.2) is 0 Å². The summed E-state index contributed by atoms with van der Waals surface area (Å²) in [6.45, 7) is 5.39. The molecule has 0 heterocycles. The van der Waals surface area contributed by atoms with Crippen molar-refractivity contribution in [2.75, 3.05) is 6.54 Å². The average Bonchev–Trinajstić information content (AvgIpc) is 2.95. The first kappa shape index (κ1) is 11.9. The lowest BCUT2D eigenvalue weighted by atomic mass is 10.1. The molecule has 1 aliphatic carbocycles. The maximum Gasteiger partial charge on any atom is 0.141 e. The second-order valence-corrected chi connectivity index (χ2v) is 5.18. The molecule has 0 saturated heterocycles. The van der Waals surface area contributed by atoms with Gasteiger partial charge in [-0.05, 0) is 49.4 Å². The van der Waals surface area contributed by atoms with Crippen LogP contribution in [0.15, 0.2) is 18.2 Å². The molecule has 0 spiro atoms. The molecule has 1 nitrogen and oxygen atoms in total. The van der Waals surface area contributed by atoms with Crippen molar-refractivity contribution < 1.29 is 4.39 Å². The molecular weight excluding hydrogens is 225 g/mol. The molecule has 0 radical (unpaired) electrons. The van der Waals surface area contributed by atoms with Gasteiger partial charge in [-0.3, -0.25) is 0 Å². The van der Waals surface area contributed by atoms with Crippen LogP contribution in [0.1, 0.15) is 31.9 Å². The monoisotopic (exact) mass is 241 g/mol. The maximum absolute atomic E-state index is 13.0. The van der Waals surface area contributed by atoms with Gasteiger partial charge < -0.3 is 5.32 Å². The van der Waals surface area contributed by atoms with Crippen molar-refractivity contribution in [3.8, 4) is 0 Å². The van der Waals surface area contributed by atoms with E-state index in [1.807, 2.05) is 0 Å². The van der Waals surface area contributed by atoms with Gasteiger partial charge in [-0.25, -0.2) is 4.39 Å². The average molecular weight is 242 g/mol. The minimum absolute atomic E-state index is 0.200. The van der Waals surface area contributed by atoms with Gasteiger partial charge in [0.1, 0.15) is 5.82 Å². The summed E-state index contributed by atoms with van der Waals surface area (Å²) in [7, 11) is 0. The SMILES string of the molecule is CC(NCC1CC1C)c1ccc(F)c(Cl)c1. The predicted octanol–water partition coefficient (Wildman–Crippen LogP) is 3.79. The number of benzene rings is 1. The molecule has 0 bridgehead atoms. The zero-order valence-electron chi connectivity index (χ0n) is 9.63. The highest BCUT2D eigenvalue weighted by Gasteiger charge is 2.32. The minimum Gasteiger partial charge on any atom is -0.310 e. The molecule has 1 fully saturated rings. The Kier molecular flexibility index (Phi) is 3.50. The van der Waals surface area contributed by atoms with Crippen molar-refractivity contribution in [1.29, 1.82) is 0 Å². The molecule has 0 aliphatic heterocycles. The van der Waals surface area contributed by atoms with Crippen LogP contribution < -0.4 is 5.32 Å². The first-order valence-electron chi connectivity index (χ1n) is 5.76. The van der Waals surface area contributed by atoms with Crippen molar-refractivity contribution in [2.24, 2.45) is 11.8 Å². The van der Waals surface area contributed by atoms with Crippen LogP contribution in [0, 0.1) is 17.7 Å². The first-order valence-corrected chi connectivity index (χ1v) is 6.14. The van der Waals surface area contributed by atoms with E-state index in [-0.39, 0.29) is 16.9 Å². The topological polar surface area (TPSA) is 12.0 Å². The fourth-order valence-electron chi connectivity index (χ4n) is 1.91.